The molecule has 0 bridgehead atoms. The van der Waals surface area contributed by atoms with E-state index in [4.69, 9.17) is 0 Å². The van der Waals surface area contributed by atoms with E-state index in [0.29, 0.717) is 5.69 Å². The van der Waals surface area contributed by atoms with Gasteiger partial charge in [0.05, 0.1) is 0 Å². The molecule has 0 saturated carbocycles. The van der Waals surface area contributed by atoms with E-state index in [-0.39, 0.29) is 18.3 Å². The molecular weight excluding hydrogens is 288 g/mol. The summed E-state index contributed by atoms with van der Waals surface area (Å²) in [4.78, 5) is 14.8. The smallest absolute Gasteiger partial charge is 0.274 e. The molecule has 0 radical (unpaired) electrons. The van der Waals surface area contributed by atoms with Gasteiger partial charge in [-0.15, -0.1) is 12.4 Å². The zero-order valence-electron chi connectivity index (χ0n) is 12.2. The molecule has 2 aliphatic heterocycles. The third-order valence-corrected chi connectivity index (χ3v) is 5.32. The number of likely N-dealkylation sites (tertiary alicyclic amines) is 1. The maximum Gasteiger partial charge on any atom is 0.274 e. The summed E-state index contributed by atoms with van der Waals surface area (Å²) in [5.74, 6) is 1.67. The molecule has 1 amide bonds. The molecule has 1 aliphatic carbocycles. The Hall–Kier alpha value is -1.07. The van der Waals surface area contributed by atoms with Crippen LogP contribution in [0.25, 0.3) is 0 Å². The largest absolute Gasteiger partial charge is 0.337 e. The number of nitrogens with one attached hydrogen (secondary N) is 2. The van der Waals surface area contributed by atoms with E-state index < -0.39 is 0 Å². The highest BCUT2D eigenvalue weighted by Gasteiger charge is 2.33. The molecule has 116 valence electrons. The van der Waals surface area contributed by atoms with Crippen molar-refractivity contribution in [3.8, 4) is 0 Å². The van der Waals surface area contributed by atoms with Crippen molar-refractivity contribution in [2.24, 2.45) is 11.8 Å². The molecule has 21 heavy (non-hydrogen) atoms. The summed E-state index contributed by atoms with van der Waals surface area (Å²) in [7, 11) is 0. The predicted octanol–water partition coefficient (Wildman–Crippen LogP) is 1.39. The number of fused-ring (bicyclic) bond motifs is 2. The molecule has 1 aromatic rings. The molecule has 2 atom stereocenters. The first-order valence-corrected chi connectivity index (χ1v) is 7.89. The average molecular weight is 311 g/mol. The second-order valence-electron chi connectivity index (χ2n) is 6.43. The Kier molecular flexibility index (Phi) is 4.22. The van der Waals surface area contributed by atoms with Crippen LogP contribution in [0.4, 0.5) is 0 Å². The van der Waals surface area contributed by atoms with Crippen LogP contribution in [0.3, 0.4) is 0 Å². The third kappa shape index (κ3) is 2.57. The number of nitrogens with zero attached hydrogens (tertiary/aromatic N) is 2. The highest BCUT2D eigenvalue weighted by atomic mass is 35.5. The number of hydrogen-bond donors (Lipinski definition) is 2. The Morgan fingerprint density at radius 1 is 1.14 bits per heavy atom. The number of H-pyrrole nitrogens is 1. The normalized spacial score (nSPS) is 27.7. The van der Waals surface area contributed by atoms with Gasteiger partial charge in [-0.25, -0.2) is 0 Å². The minimum absolute atomic E-state index is 0. The van der Waals surface area contributed by atoms with Crippen molar-refractivity contribution in [2.45, 2.75) is 32.1 Å². The molecule has 6 heteroatoms. The number of halogens is 1. The monoisotopic (exact) mass is 310 g/mol. The van der Waals surface area contributed by atoms with Crippen LogP contribution in [0.1, 0.15) is 41.0 Å². The number of rotatable bonds is 1. The lowest BCUT2D eigenvalue weighted by Gasteiger charge is -2.20. The van der Waals surface area contributed by atoms with E-state index in [1.807, 2.05) is 4.90 Å². The van der Waals surface area contributed by atoms with E-state index >= 15 is 0 Å². The van der Waals surface area contributed by atoms with E-state index in [2.05, 4.69) is 15.5 Å². The molecule has 0 spiro atoms. The van der Waals surface area contributed by atoms with Gasteiger partial charge in [0.2, 0.25) is 0 Å². The molecule has 2 saturated heterocycles. The van der Waals surface area contributed by atoms with Crippen molar-refractivity contribution < 1.29 is 4.79 Å². The van der Waals surface area contributed by atoms with Gasteiger partial charge >= 0.3 is 0 Å². The Bertz CT molecular complexity index is 516. The predicted molar refractivity (Wildman–Crippen MR) is 82.8 cm³/mol. The first-order chi connectivity index (χ1) is 9.83. The summed E-state index contributed by atoms with van der Waals surface area (Å²) < 4.78 is 0. The zero-order valence-corrected chi connectivity index (χ0v) is 13.0. The van der Waals surface area contributed by atoms with Crippen molar-refractivity contribution in [3.05, 3.63) is 17.0 Å². The van der Waals surface area contributed by atoms with Crippen molar-refractivity contribution >= 4 is 18.3 Å². The minimum Gasteiger partial charge on any atom is -0.337 e. The maximum atomic E-state index is 12.7. The fourth-order valence-electron chi connectivity index (χ4n) is 4.07. The van der Waals surface area contributed by atoms with Crippen LogP contribution in [0.2, 0.25) is 0 Å². The van der Waals surface area contributed by atoms with Crippen LogP contribution in [0.5, 0.6) is 0 Å². The quantitative estimate of drug-likeness (QED) is 0.824. The number of hydrogen-bond acceptors (Lipinski definition) is 3. The third-order valence-electron chi connectivity index (χ3n) is 5.32. The summed E-state index contributed by atoms with van der Waals surface area (Å²) in [6.07, 6.45) is 5.48. The van der Waals surface area contributed by atoms with Crippen LogP contribution >= 0.6 is 12.4 Å². The Morgan fingerprint density at radius 2 is 1.86 bits per heavy atom. The van der Waals surface area contributed by atoms with Gasteiger partial charge in [-0.05, 0) is 57.0 Å². The summed E-state index contributed by atoms with van der Waals surface area (Å²) in [6.45, 7) is 4.04. The number of amides is 1. The van der Waals surface area contributed by atoms with Crippen LogP contribution in [0, 0.1) is 11.8 Å². The van der Waals surface area contributed by atoms with Crippen molar-refractivity contribution in [1.29, 1.82) is 0 Å². The molecule has 0 aromatic carbocycles. The summed E-state index contributed by atoms with van der Waals surface area (Å²) in [5, 5.41) is 10.8. The molecule has 1 aromatic heterocycles. The van der Waals surface area contributed by atoms with Gasteiger partial charge in [0.1, 0.15) is 0 Å². The first-order valence-electron chi connectivity index (χ1n) is 7.89. The van der Waals surface area contributed by atoms with E-state index in [9.17, 15) is 4.79 Å². The van der Waals surface area contributed by atoms with Crippen molar-refractivity contribution in [1.82, 2.24) is 20.4 Å². The summed E-state index contributed by atoms with van der Waals surface area (Å²) >= 11 is 0. The fraction of sp³-hybridized carbons (Fsp3) is 0.733. The number of carbonyl (C=O) groups excluding carboxylic acids is 1. The van der Waals surface area contributed by atoms with E-state index in [1.54, 1.807) is 0 Å². The Morgan fingerprint density at radius 3 is 2.57 bits per heavy atom. The fourth-order valence-corrected chi connectivity index (χ4v) is 4.07. The number of carbonyl (C=O) groups is 1. The van der Waals surface area contributed by atoms with Gasteiger partial charge in [-0.1, -0.05) is 0 Å². The number of aromatic amines is 1. The second kappa shape index (κ2) is 5.97. The van der Waals surface area contributed by atoms with E-state index in [1.165, 1.54) is 11.3 Å². The number of aromatic nitrogens is 2. The molecule has 2 N–H and O–H groups in total. The summed E-state index contributed by atoms with van der Waals surface area (Å²) in [5.41, 5.74) is 3.06. The van der Waals surface area contributed by atoms with Gasteiger partial charge in [-0.2, -0.15) is 5.10 Å². The number of aryl methyl sites for hydroxylation is 1. The first kappa shape index (κ1) is 14.9. The molecule has 2 fully saturated rings. The molecule has 3 heterocycles. The van der Waals surface area contributed by atoms with Gasteiger partial charge < -0.3 is 10.2 Å². The lowest BCUT2D eigenvalue weighted by Crippen LogP contribution is -2.33. The highest BCUT2D eigenvalue weighted by molar-refractivity contribution is 5.94. The van der Waals surface area contributed by atoms with Crippen LogP contribution < -0.4 is 5.32 Å². The molecule has 4 rings (SSSR count). The highest BCUT2D eigenvalue weighted by Crippen LogP contribution is 2.29. The van der Waals surface area contributed by atoms with Crippen LogP contribution in [-0.2, 0) is 12.8 Å². The van der Waals surface area contributed by atoms with Gasteiger partial charge in [0, 0.05) is 24.3 Å². The lowest BCUT2D eigenvalue weighted by atomic mass is 9.92. The minimum atomic E-state index is 0. The average Bonchev–Trinajstić information content (AvgIpc) is 3.12. The topological polar surface area (TPSA) is 61.0 Å². The zero-order chi connectivity index (χ0) is 13.5. The molecule has 5 nitrogen and oxygen atoms in total. The Labute approximate surface area is 131 Å². The van der Waals surface area contributed by atoms with Crippen molar-refractivity contribution in [2.75, 3.05) is 26.2 Å². The SMILES string of the molecule is Cl.O=C(c1n[nH]c2c1CCC2)N1CC[C@@H]2CNC[C@@H]2CC1. The lowest BCUT2D eigenvalue weighted by molar-refractivity contribution is 0.0751. The molecular formula is C15H23ClN4O. The second-order valence-corrected chi connectivity index (χ2v) is 6.43. The van der Waals surface area contributed by atoms with E-state index in [0.717, 1.165) is 70.1 Å². The standard InChI is InChI=1S/C15H22N4O.ClH/c20-15(14-12-2-1-3-13(12)17-18-14)19-6-4-10-8-16-9-11(10)5-7-19;/h10-11,16H,1-9H2,(H,17,18);1H/t10-,11+;. The summed E-state index contributed by atoms with van der Waals surface area (Å²) in [6, 6.07) is 0. The Balaban J connectivity index is 0.00000132. The van der Waals surface area contributed by atoms with Gasteiger partial charge in [0.15, 0.2) is 5.69 Å². The van der Waals surface area contributed by atoms with Crippen LogP contribution in [0.15, 0.2) is 0 Å². The molecule has 3 aliphatic rings. The molecule has 0 unspecified atom stereocenters. The van der Waals surface area contributed by atoms with Crippen molar-refractivity contribution in [3.63, 3.8) is 0 Å². The van der Waals surface area contributed by atoms with Gasteiger partial charge in [-0.3, -0.25) is 9.89 Å². The van der Waals surface area contributed by atoms with Gasteiger partial charge in [0.25, 0.3) is 5.91 Å². The maximum absolute atomic E-state index is 12.7. The van der Waals surface area contributed by atoms with Crippen LogP contribution in [-0.4, -0.2) is 47.2 Å².